The first-order valence-corrected chi connectivity index (χ1v) is 6.55. The van der Waals surface area contributed by atoms with Gasteiger partial charge in [-0.15, -0.1) is 0 Å². The van der Waals surface area contributed by atoms with Crippen LogP contribution in [0.1, 0.15) is 26.6 Å². The van der Waals surface area contributed by atoms with Crippen LogP contribution in [0.2, 0.25) is 0 Å². The minimum absolute atomic E-state index is 0.0799. The van der Waals surface area contributed by atoms with Gasteiger partial charge in [0.25, 0.3) is 10.0 Å². The van der Waals surface area contributed by atoms with E-state index in [9.17, 15) is 13.2 Å². The Balaban J connectivity index is 3.01. The zero-order valence-corrected chi connectivity index (χ0v) is 10.8. The summed E-state index contributed by atoms with van der Waals surface area (Å²) in [6, 6.07) is 0. The minimum Gasteiger partial charge on any atom is -0.368 e. The number of amides is 1. The fourth-order valence-electron chi connectivity index (χ4n) is 1.10. The maximum atomic E-state index is 11.9. The predicted octanol–water partition coefficient (Wildman–Crippen LogP) is -0.486. The van der Waals surface area contributed by atoms with Gasteiger partial charge in [0, 0.05) is 6.42 Å². The molecule has 1 amide bonds. The number of aromatic nitrogens is 2. The Bertz CT molecular complexity index is 518. The molecule has 8 heteroatoms. The molecule has 0 fully saturated rings. The lowest BCUT2D eigenvalue weighted by atomic mass is 10.1. The number of hydrogen-bond acceptors (Lipinski definition) is 4. The summed E-state index contributed by atoms with van der Waals surface area (Å²) in [4.78, 5) is 17.6. The molecule has 1 aromatic rings. The lowest BCUT2D eigenvalue weighted by molar-refractivity contribution is -0.122. The second-order valence-electron chi connectivity index (χ2n) is 4.14. The fourth-order valence-corrected chi connectivity index (χ4v) is 2.43. The highest BCUT2D eigenvalue weighted by Gasteiger charge is 2.32. The normalized spacial score (nSPS) is 12.6. The summed E-state index contributed by atoms with van der Waals surface area (Å²) in [7, 11) is -3.82. The highest BCUT2D eigenvalue weighted by molar-refractivity contribution is 7.89. The van der Waals surface area contributed by atoms with Gasteiger partial charge in [0.2, 0.25) is 5.91 Å². The van der Waals surface area contributed by atoms with Crippen LogP contribution >= 0.6 is 0 Å². The number of aryl methyl sites for hydroxylation is 1. The third-order valence-electron chi connectivity index (χ3n) is 2.24. The molecule has 0 saturated heterocycles. The van der Waals surface area contributed by atoms with Crippen LogP contribution in [0, 0.1) is 0 Å². The predicted molar refractivity (Wildman–Crippen MR) is 61.6 cm³/mol. The van der Waals surface area contributed by atoms with Crippen molar-refractivity contribution in [2.75, 3.05) is 0 Å². The van der Waals surface area contributed by atoms with Crippen LogP contribution < -0.4 is 10.5 Å². The molecule has 96 valence electrons. The van der Waals surface area contributed by atoms with Gasteiger partial charge in [-0.05, 0) is 13.8 Å². The summed E-state index contributed by atoms with van der Waals surface area (Å²) in [5.41, 5.74) is 3.74. The van der Waals surface area contributed by atoms with E-state index in [0.717, 1.165) is 0 Å². The Hall–Kier alpha value is -1.41. The zero-order chi connectivity index (χ0) is 13.3. The van der Waals surface area contributed by atoms with Crippen molar-refractivity contribution in [2.24, 2.45) is 5.73 Å². The number of imidazole rings is 1. The molecule has 0 aliphatic carbocycles. The Morgan fingerprint density at radius 3 is 2.59 bits per heavy atom. The van der Waals surface area contributed by atoms with Gasteiger partial charge >= 0.3 is 0 Å². The van der Waals surface area contributed by atoms with Crippen LogP contribution in [0.15, 0.2) is 11.2 Å². The molecule has 7 nitrogen and oxygen atoms in total. The Morgan fingerprint density at radius 1 is 1.59 bits per heavy atom. The first kappa shape index (κ1) is 13.7. The van der Waals surface area contributed by atoms with E-state index in [1.165, 1.54) is 20.0 Å². The van der Waals surface area contributed by atoms with Gasteiger partial charge in [-0.1, -0.05) is 6.92 Å². The van der Waals surface area contributed by atoms with Gasteiger partial charge in [0.1, 0.15) is 11.4 Å². The van der Waals surface area contributed by atoms with Crippen molar-refractivity contribution in [2.45, 2.75) is 37.8 Å². The van der Waals surface area contributed by atoms with Crippen LogP contribution in [-0.4, -0.2) is 29.8 Å². The molecule has 0 saturated carbocycles. The number of sulfonamides is 1. The lowest BCUT2D eigenvalue weighted by Crippen LogP contribution is -2.52. The number of hydrogen-bond donors (Lipinski definition) is 3. The minimum atomic E-state index is -3.82. The molecular formula is C9H16N4O3S. The molecule has 1 aromatic heterocycles. The molecule has 0 aromatic carbocycles. The second kappa shape index (κ2) is 4.46. The monoisotopic (exact) mass is 260 g/mol. The number of nitrogens with zero attached hydrogens (tertiary/aromatic N) is 1. The quantitative estimate of drug-likeness (QED) is 0.662. The smallest absolute Gasteiger partial charge is 0.258 e. The number of nitrogens with two attached hydrogens (primary N) is 1. The molecule has 0 unspecified atom stereocenters. The molecule has 0 atom stereocenters. The lowest BCUT2D eigenvalue weighted by Gasteiger charge is -2.21. The van der Waals surface area contributed by atoms with Crippen LogP contribution in [0.25, 0.3) is 0 Å². The van der Waals surface area contributed by atoms with Gasteiger partial charge in [0.15, 0.2) is 5.03 Å². The summed E-state index contributed by atoms with van der Waals surface area (Å²) >= 11 is 0. The molecule has 0 radical (unpaired) electrons. The van der Waals surface area contributed by atoms with Crippen LogP contribution in [0.3, 0.4) is 0 Å². The van der Waals surface area contributed by atoms with E-state index < -0.39 is 21.5 Å². The van der Waals surface area contributed by atoms with E-state index in [1.54, 1.807) is 0 Å². The Labute approximate surface area is 99.9 Å². The van der Waals surface area contributed by atoms with E-state index in [-0.39, 0.29) is 5.03 Å². The van der Waals surface area contributed by atoms with Crippen molar-refractivity contribution >= 4 is 15.9 Å². The summed E-state index contributed by atoms with van der Waals surface area (Å²) < 4.78 is 26.0. The van der Waals surface area contributed by atoms with Crippen LogP contribution in [0.4, 0.5) is 0 Å². The maximum Gasteiger partial charge on any atom is 0.258 e. The first-order valence-electron chi connectivity index (χ1n) is 5.07. The molecule has 4 N–H and O–H groups in total. The van der Waals surface area contributed by atoms with Crippen LogP contribution in [0.5, 0.6) is 0 Å². The number of rotatable bonds is 5. The number of carbonyl (C=O) groups excluding carboxylic acids is 1. The van der Waals surface area contributed by atoms with Crippen molar-refractivity contribution in [3.05, 3.63) is 12.0 Å². The molecule has 0 bridgehead atoms. The van der Waals surface area contributed by atoms with Gasteiger partial charge in [-0.25, -0.2) is 13.4 Å². The number of H-pyrrole nitrogens is 1. The van der Waals surface area contributed by atoms with Crippen molar-refractivity contribution in [3.63, 3.8) is 0 Å². The third kappa shape index (κ3) is 3.04. The number of carbonyl (C=O) groups is 1. The summed E-state index contributed by atoms with van der Waals surface area (Å²) in [6.07, 6.45) is 1.80. The SMILES string of the molecule is CCc1ncc(S(=O)(=O)NC(C)(C)C(N)=O)[nH]1. The molecule has 1 heterocycles. The Morgan fingerprint density at radius 2 is 2.18 bits per heavy atom. The second-order valence-corrected chi connectivity index (χ2v) is 5.79. The first-order chi connectivity index (χ1) is 7.69. The average molecular weight is 260 g/mol. The molecule has 0 aliphatic heterocycles. The largest absolute Gasteiger partial charge is 0.368 e. The summed E-state index contributed by atoms with van der Waals surface area (Å²) in [5.74, 6) is -0.196. The molecule has 0 spiro atoms. The van der Waals surface area contributed by atoms with E-state index in [2.05, 4.69) is 14.7 Å². The molecule has 17 heavy (non-hydrogen) atoms. The Kier molecular flexibility index (Phi) is 3.58. The van der Waals surface area contributed by atoms with E-state index in [0.29, 0.717) is 12.2 Å². The molecule has 0 aliphatic rings. The average Bonchev–Trinajstić information content (AvgIpc) is 2.64. The standard InChI is InChI=1S/C9H16N4O3S/c1-4-6-11-5-7(12-6)17(15,16)13-9(2,3)8(10)14/h5,13H,4H2,1-3H3,(H2,10,14)(H,11,12). The zero-order valence-electron chi connectivity index (χ0n) is 9.94. The molecule has 1 rings (SSSR count). The van der Waals surface area contributed by atoms with Gasteiger partial charge in [0.05, 0.1) is 6.20 Å². The van der Waals surface area contributed by atoms with Crippen molar-refractivity contribution in [1.82, 2.24) is 14.7 Å². The summed E-state index contributed by atoms with van der Waals surface area (Å²) in [5, 5.41) is -0.0799. The van der Waals surface area contributed by atoms with E-state index in [1.807, 2.05) is 6.92 Å². The maximum absolute atomic E-state index is 11.9. The van der Waals surface area contributed by atoms with Crippen molar-refractivity contribution in [1.29, 1.82) is 0 Å². The van der Waals surface area contributed by atoms with Gasteiger partial charge in [-0.2, -0.15) is 4.72 Å². The van der Waals surface area contributed by atoms with Gasteiger partial charge in [-0.3, -0.25) is 4.79 Å². The van der Waals surface area contributed by atoms with Crippen LogP contribution in [-0.2, 0) is 21.2 Å². The van der Waals surface area contributed by atoms with Crippen molar-refractivity contribution < 1.29 is 13.2 Å². The highest BCUT2D eigenvalue weighted by atomic mass is 32.2. The summed E-state index contributed by atoms with van der Waals surface area (Å²) in [6.45, 7) is 4.63. The fraction of sp³-hybridized carbons (Fsp3) is 0.556. The number of nitrogens with one attached hydrogen (secondary N) is 2. The molecular weight excluding hydrogens is 244 g/mol. The van der Waals surface area contributed by atoms with E-state index in [4.69, 9.17) is 5.73 Å². The highest BCUT2D eigenvalue weighted by Crippen LogP contribution is 2.11. The number of primary amides is 1. The van der Waals surface area contributed by atoms with Gasteiger partial charge < -0.3 is 10.7 Å². The third-order valence-corrected chi connectivity index (χ3v) is 3.80. The van der Waals surface area contributed by atoms with Crippen molar-refractivity contribution in [3.8, 4) is 0 Å². The number of aromatic amines is 1. The topological polar surface area (TPSA) is 118 Å². The van der Waals surface area contributed by atoms with E-state index >= 15 is 0 Å².